The van der Waals surface area contributed by atoms with Gasteiger partial charge in [-0.05, 0) is 36.4 Å². The SMILES string of the molecule is CC(NCCN1CCN(C)CC1)c1ccsc1. The lowest BCUT2D eigenvalue weighted by atomic mass is 10.2. The van der Waals surface area contributed by atoms with Crippen molar-refractivity contribution in [2.75, 3.05) is 46.3 Å². The molecule has 1 aliphatic rings. The van der Waals surface area contributed by atoms with E-state index in [-0.39, 0.29) is 0 Å². The van der Waals surface area contributed by atoms with E-state index in [0.717, 1.165) is 6.54 Å². The average molecular weight is 253 g/mol. The highest BCUT2D eigenvalue weighted by Gasteiger charge is 2.13. The monoisotopic (exact) mass is 253 g/mol. The van der Waals surface area contributed by atoms with Crippen molar-refractivity contribution in [2.45, 2.75) is 13.0 Å². The Morgan fingerprint density at radius 2 is 2.12 bits per heavy atom. The summed E-state index contributed by atoms with van der Waals surface area (Å²) in [5.74, 6) is 0. The van der Waals surface area contributed by atoms with Gasteiger partial charge >= 0.3 is 0 Å². The highest BCUT2D eigenvalue weighted by atomic mass is 32.1. The summed E-state index contributed by atoms with van der Waals surface area (Å²) in [6.45, 7) is 9.34. The maximum atomic E-state index is 3.59. The van der Waals surface area contributed by atoms with Crippen LogP contribution in [0.1, 0.15) is 18.5 Å². The van der Waals surface area contributed by atoms with Crippen molar-refractivity contribution in [3.63, 3.8) is 0 Å². The molecule has 1 saturated heterocycles. The lowest BCUT2D eigenvalue weighted by molar-refractivity contribution is 0.154. The van der Waals surface area contributed by atoms with Crippen LogP contribution in [0.5, 0.6) is 0 Å². The minimum Gasteiger partial charge on any atom is -0.309 e. The summed E-state index contributed by atoms with van der Waals surface area (Å²) in [4.78, 5) is 4.95. The number of rotatable bonds is 5. The van der Waals surface area contributed by atoms with Crippen molar-refractivity contribution in [3.8, 4) is 0 Å². The van der Waals surface area contributed by atoms with Gasteiger partial charge in [-0.1, -0.05) is 0 Å². The molecule has 0 radical (unpaired) electrons. The van der Waals surface area contributed by atoms with Gasteiger partial charge < -0.3 is 10.2 Å². The first-order chi connectivity index (χ1) is 8.25. The van der Waals surface area contributed by atoms with E-state index < -0.39 is 0 Å². The van der Waals surface area contributed by atoms with E-state index in [4.69, 9.17) is 0 Å². The molecule has 1 unspecified atom stereocenters. The molecule has 1 aromatic rings. The number of nitrogens with zero attached hydrogens (tertiary/aromatic N) is 2. The van der Waals surface area contributed by atoms with Crippen LogP contribution in [0.15, 0.2) is 16.8 Å². The van der Waals surface area contributed by atoms with Crippen molar-refractivity contribution >= 4 is 11.3 Å². The predicted molar refractivity (Wildman–Crippen MR) is 74.7 cm³/mol. The zero-order valence-corrected chi connectivity index (χ0v) is 11.7. The molecule has 1 atom stereocenters. The molecular formula is C13H23N3S. The molecule has 1 fully saturated rings. The molecule has 96 valence electrons. The second-order valence-corrected chi connectivity index (χ2v) is 5.66. The molecule has 0 aromatic carbocycles. The quantitative estimate of drug-likeness (QED) is 0.861. The number of nitrogens with one attached hydrogen (secondary N) is 1. The van der Waals surface area contributed by atoms with Crippen LogP contribution in [0, 0.1) is 0 Å². The van der Waals surface area contributed by atoms with Crippen LogP contribution >= 0.6 is 11.3 Å². The van der Waals surface area contributed by atoms with Crippen LogP contribution in [0.2, 0.25) is 0 Å². The highest BCUT2D eigenvalue weighted by molar-refractivity contribution is 7.07. The van der Waals surface area contributed by atoms with Crippen LogP contribution in [-0.2, 0) is 0 Å². The van der Waals surface area contributed by atoms with Crippen molar-refractivity contribution in [1.29, 1.82) is 0 Å². The smallest absolute Gasteiger partial charge is 0.0300 e. The molecular weight excluding hydrogens is 230 g/mol. The molecule has 17 heavy (non-hydrogen) atoms. The van der Waals surface area contributed by atoms with Crippen molar-refractivity contribution < 1.29 is 0 Å². The van der Waals surface area contributed by atoms with Crippen molar-refractivity contribution in [3.05, 3.63) is 22.4 Å². The summed E-state index contributed by atoms with van der Waals surface area (Å²) >= 11 is 1.77. The first-order valence-electron chi connectivity index (χ1n) is 6.42. The topological polar surface area (TPSA) is 18.5 Å². The minimum atomic E-state index is 0.480. The van der Waals surface area contributed by atoms with Crippen molar-refractivity contribution in [2.24, 2.45) is 0 Å². The number of thiophene rings is 1. The molecule has 1 N–H and O–H groups in total. The van der Waals surface area contributed by atoms with Gasteiger partial charge in [0.2, 0.25) is 0 Å². The maximum Gasteiger partial charge on any atom is 0.0300 e. The van der Waals surface area contributed by atoms with Crippen LogP contribution < -0.4 is 5.32 Å². The molecule has 0 spiro atoms. The molecule has 1 aliphatic heterocycles. The molecule has 4 heteroatoms. The Bertz CT molecular complexity index is 304. The number of piperazine rings is 1. The van der Waals surface area contributed by atoms with Crippen LogP contribution in [0.3, 0.4) is 0 Å². The van der Waals surface area contributed by atoms with Crippen LogP contribution in [0.4, 0.5) is 0 Å². The number of hydrogen-bond acceptors (Lipinski definition) is 4. The van der Waals surface area contributed by atoms with Gasteiger partial charge in [0.15, 0.2) is 0 Å². The Kier molecular flexibility index (Phi) is 4.98. The second kappa shape index (κ2) is 6.50. The fourth-order valence-electron chi connectivity index (χ4n) is 2.15. The van der Waals surface area contributed by atoms with E-state index in [9.17, 15) is 0 Å². The highest BCUT2D eigenvalue weighted by Crippen LogP contribution is 2.15. The normalized spacial score (nSPS) is 20.6. The molecule has 2 rings (SSSR count). The first-order valence-corrected chi connectivity index (χ1v) is 7.36. The standard InChI is InChI=1S/C13H23N3S/c1-12(13-3-10-17-11-13)14-4-5-16-8-6-15(2)7-9-16/h3,10-12,14H,4-9H2,1-2H3. The summed E-state index contributed by atoms with van der Waals surface area (Å²) in [5, 5.41) is 7.97. The third kappa shape index (κ3) is 4.07. The summed E-state index contributed by atoms with van der Waals surface area (Å²) < 4.78 is 0. The zero-order chi connectivity index (χ0) is 12.1. The van der Waals surface area contributed by atoms with E-state index in [1.165, 1.54) is 38.3 Å². The molecule has 2 heterocycles. The summed E-state index contributed by atoms with van der Waals surface area (Å²) in [6.07, 6.45) is 0. The van der Waals surface area contributed by atoms with Gasteiger partial charge in [0, 0.05) is 45.3 Å². The second-order valence-electron chi connectivity index (χ2n) is 4.88. The van der Waals surface area contributed by atoms with E-state index in [0.29, 0.717) is 6.04 Å². The van der Waals surface area contributed by atoms with Gasteiger partial charge in [0.1, 0.15) is 0 Å². The van der Waals surface area contributed by atoms with Gasteiger partial charge in [-0.3, -0.25) is 4.90 Å². The van der Waals surface area contributed by atoms with Gasteiger partial charge in [-0.2, -0.15) is 11.3 Å². The lowest BCUT2D eigenvalue weighted by Gasteiger charge is -2.32. The largest absolute Gasteiger partial charge is 0.309 e. The maximum absolute atomic E-state index is 3.59. The molecule has 0 aliphatic carbocycles. The number of likely N-dealkylation sites (N-methyl/N-ethyl adjacent to an activating group) is 1. The van der Waals surface area contributed by atoms with E-state index in [2.05, 4.69) is 45.9 Å². The summed E-state index contributed by atoms with van der Waals surface area (Å²) in [6, 6.07) is 2.69. The van der Waals surface area contributed by atoms with Crippen LogP contribution in [-0.4, -0.2) is 56.1 Å². The predicted octanol–water partition coefficient (Wildman–Crippen LogP) is 1.65. The van der Waals surface area contributed by atoms with E-state index in [1.54, 1.807) is 11.3 Å². The molecule has 0 saturated carbocycles. The first kappa shape index (κ1) is 13.0. The molecule has 1 aromatic heterocycles. The van der Waals surface area contributed by atoms with Crippen LogP contribution in [0.25, 0.3) is 0 Å². The Morgan fingerprint density at radius 1 is 1.35 bits per heavy atom. The van der Waals surface area contributed by atoms with Gasteiger partial charge in [-0.15, -0.1) is 0 Å². The molecule has 0 amide bonds. The van der Waals surface area contributed by atoms with E-state index >= 15 is 0 Å². The van der Waals surface area contributed by atoms with Gasteiger partial charge in [-0.25, -0.2) is 0 Å². The van der Waals surface area contributed by atoms with Gasteiger partial charge in [0.05, 0.1) is 0 Å². The Hall–Kier alpha value is -0.420. The van der Waals surface area contributed by atoms with E-state index in [1.807, 2.05) is 0 Å². The van der Waals surface area contributed by atoms with Gasteiger partial charge in [0.25, 0.3) is 0 Å². The third-order valence-corrected chi connectivity index (χ3v) is 4.22. The fourth-order valence-corrected chi connectivity index (χ4v) is 2.90. The average Bonchev–Trinajstić information content (AvgIpc) is 2.85. The minimum absolute atomic E-state index is 0.480. The Morgan fingerprint density at radius 3 is 2.76 bits per heavy atom. The fraction of sp³-hybridized carbons (Fsp3) is 0.692. The Labute approximate surface area is 108 Å². The summed E-state index contributed by atoms with van der Waals surface area (Å²) in [7, 11) is 2.20. The number of hydrogen-bond donors (Lipinski definition) is 1. The Balaban J connectivity index is 1.63. The lowest BCUT2D eigenvalue weighted by Crippen LogP contribution is -2.46. The molecule has 0 bridgehead atoms. The van der Waals surface area contributed by atoms with Crippen molar-refractivity contribution in [1.82, 2.24) is 15.1 Å². The molecule has 3 nitrogen and oxygen atoms in total. The third-order valence-electron chi connectivity index (χ3n) is 3.52. The summed E-state index contributed by atoms with van der Waals surface area (Å²) in [5.41, 5.74) is 1.41. The zero-order valence-electron chi connectivity index (χ0n) is 10.9.